The zero-order chi connectivity index (χ0) is 10.8. The number of halogens is 1. The minimum Gasteiger partial charge on any atom is -0.389 e. The van der Waals surface area contributed by atoms with Gasteiger partial charge in [-0.2, -0.15) is 5.10 Å². The predicted molar refractivity (Wildman–Crippen MR) is 64.7 cm³/mol. The van der Waals surface area contributed by atoms with Crippen molar-refractivity contribution in [2.45, 2.75) is 13.0 Å². The first kappa shape index (κ1) is 10.6. The molecule has 0 aliphatic heterocycles. The molecular formula is C10H10IN3O. The molecule has 0 spiro atoms. The second-order valence-corrected chi connectivity index (χ2v) is 4.44. The van der Waals surface area contributed by atoms with Gasteiger partial charge in [-0.15, -0.1) is 0 Å². The SMILES string of the molecule is CC(O)c1cccnc1-n1cc(I)cn1. The van der Waals surface area contributed by atoms with Gasteiger partial charge in [0.25, 0.3) is 0 Å². The molecule has 0 aromatic carbocycles. The highest BCUT2D eigenvalue weighted by Crippen LogP contribution is 2.18. The molecule has 2 heterocycles. The molecule has 15 heavy (non-hydrogen) atoms. The summed E-state index contributed by atoms with van der Waals surface area (Å²) in [5.74, 6) is 0.676. The molecule has 1 atom stereocenters. The Morgan fingerprint density at radius 2 is 2.33 bits per heavy atom. The third kappa shape index (κ3) is 2.18. The minimum absolute atomic E-state index is 0.546. The van der Waals surface area contributed by atoms with Crippen molar-refractivity contribution in [2.24, 2.45) is 0 Å². The van der Waals surface area contributed by atoms with E-state index < -0.39 is 6.10 Å². The van der Waals surface area contributed by atoms with Crippen molar-refractivity contribution in [1.29, 1.82) is 0 Å². The summed E-state index contributed by atoms with van der Waals surface area (Å²) in [6.07, 6.45) is 4.77. The molecule has 5 heteroatoms. The van der Waals surface area contributed by atoms with Gasteiger partial charge in [0.1, 0.15) is 0 Å². The van der Waals surface area contributed by atoms with Gasteiger partial charge in [-0.05, 0) is 35.6 Å². The quantitative estimate of drug-likeness (QED) is 0.862. The van der Waals surface area contributed by atoms with Crippen molar-refractivity contribution in [1.82, 2.24) is 14.8 Å². The minimum atomic E-state index is -0.546. The molecule has 0 aliphatic carbocycles. The molecule has 0 saturated heterocycles. The van der Waals surface area contributed by atoms with Crippen molar-refractivity contribution in [2.75, 3.05) is 0 Å². The first-order chi connectivity index (χ1) is 7.18. The summed E-state index contributed by atoms with van der Waals surface area (Å²) in [7, 11) is 0. The molecule has 0 radical (unpaired) electrons. The first-order valence-corrected chi connectivity index (χ1v) is 5.60. The zero-order valence-corrected chi connectivity index (χ0v) is 10.3. The molecule has 1 unspecified atom stereocenters. The Balaban J connectivity index is 2.52. The Bertz CT molecular complexity index is 467. The van der Waals surface area contributed by atoms with Gasteiger partial charge >= 0.3 is 0 Å². The Morgan fingerprint density at radius 3 is 2.93 bits per heavy atom. The van der Waals surface area contributed by atoms with Gasteiger partial charge in [0.2, 0.25) is 0 Å². The lowest BCUT2D eigenvalue weighted by molar-refractivity contribution is 0.198. The third-order valence-electron chi connectivity index (χ3n) is 2.04. The Hall–Kier alpha value is -0.950. The van der Waals surface area contributed by atoms with E-state index in [1.807, 2.05) is 12.3 Å². The van der Waals surface area contributed by atoms with Gasteiger partial charge in [-0.25, -0.2) is 9.67 Å². The second-order valence-electron chi connectivity index (χ2n) is 3.20. The highest BCUT2D eigenvalue weighted by atomic mass is 127. The van der Waals surface area contributed by atoms with Gasteiger partial charge in [0.15, 0.2) is 5.82 Å². The Morgan fingerprint density at radius 1 is 1.53 bits per heavy atom. The van der Waals surface area contributed by atoms with Crippen LogP contribution in [0.25, 0.3) is 5.82 Å². The van der Waals surface area contributed by atoms with E-state index in [1.165, 1.54) is 0 Å². The van der Waals surface area contributed by atoms with Crippen LogP contribution in [0.2, 0.25) is 0 Å². The fourth-order valence-electron chi connectivity index (χ4n) is 1.34. The second kappa shape index (κ2) is 4.28. The van der Waals surface area contributed by atoms with E-state index >= 15 is 0 Å². The topological polar surface area (TPSA) is 50.9 Å². The van der Waals surface area contributed by atoms with Crippen LogP contribution in [0.1, 0.15) is 18.6 Å². The highest BCUT2D eigenvalue weighted by molar-refractivity contribution is 14.1. The fourth-order valence-corrected chi connectivity index (χ4v) is 1.73. The van der Waals surface area contributed by atoms with Crippen LogP contribution in [0.4, 0.5) is 0 Å². The zero-order valence-electron chi connectivity index (χ0n) is 8.13. The number of pyridine rings is 1. The molecule has 78 valence electrons. The van der Waals surface area contributed by atoms with Crippen LogP contribution in [0.3, 0.4) is 0 Å². The molecule has 2 rings (SSSR count). The normalized spacial score (nSPS) is 12.7. The number of nitrogens with zero attached hydrogens (tertiary/aromatic N) is 3. The number of aromatic nitrogens is 3. The summed E-state index contributed by atoms with van der Waals surface area (Å²) in [6, 6.07) is 3.65. The molecular weight excluding hydrogens is 305 g/mol. The van der Waals surface area contributed by atoms with Crippen molar-refractivity contribution in [3.8, 4) is 5.82 Å². The standard InChI is InChI=1S/C10H10IN3O/c1-7(15)9-3-2-4-12-10(9)14-6-8(11)5-13-14/h2-7,15H,1H3. The Labute approximate surface area is 101 Å². The summed E-state index contributed by atoms with van der Waals surface area (Å²) >= 11 is 2.18. The smallest absolute Gasteiger partial charge is 0.159 e. The summed E-state index contributed by atoms with van der Waals surface area (Å²) in [4.78, 5) is 4.22. The number of hydrogen-bond acceptors (Lipinski definition) is 3. The van der Waals surface area contributed by atoms with Crippen molar-refractivity contribution in [3.05, 3.63) is 39.9 Å². The van der Waals surface area contributed by atoms with Gasteiger partial charge in [-0.1, -0.05) is 6.07 Å². The monoisotopic (exact) mass is 315 g/mol. The fraction of sp³-hybridized carbons (Fsp3) is 0.200. The summed E-state index contributed by atoms with van der Waals surface area (Å²) in [6.45, 7) is 1.72. The van der Waals surface area contributed by atoms with Crippen LogP contribution < -0.4 is 0 Å². The lowest BCUT2D eigenvalue weighted by Crippen LogP contribution is -2.05. The van der Waals surface area contributed by atoms with Gasteiger partial charge < -0.3 is 5.11 Å². The molecule has 0 bridgehead atoms. The molecule has 2 aromatic rings. The number of rotatable bonds is 2. The maximum absolute atomic E-state index is 9.59. The van der Waals surface area contributed by atoms with Crippen LogP contribution in [-0.4, -0.2) is 19.9 Å². The maximum atomic E-state index is 9.59. The van der Waals surface area contributed by atoms with E-state index in [-0.39, 0.29) is 0 Å². The molecule has 0 aliphatic rings. The van der Waals surface area contributed by atoms with E-state index in [2.05, 4.69) is 32.7 Å². The third-order valence-corrected chi connectivity index (χ3v) is 2.59. The molecule has 0 amide bonds. The van der Waals surface area contributed by atoms with Gasteiger partial charge in [0.05, 0.1) is 15.9 Å². The van der Waals surface area contributed by atoms with Crippen LogP contribution in [0.5, 0.6) is 0 Å². The van der Waals surface area contributed by atoms with Crippen LogP contribution >= 0.6 is 22.6 Å². The Kier molecular flexibility index (Phi) is 3.01. The molecule has 0 saturated carbocycles. The summed E-state index contributed by atoms with van der Waals surface area (Å²) < 4.78 is 2.71. The van der Waals surface area contributed by atoms with Gasteiger partial charge in [-0.3, -0.25) is 0 Å². The van der Waals surface area contributed by atoms with Crippen molar-refractivity contribution in [3.63, 3.8) is 0 Å². The maximum Gasteiger partial charge on any atom is 0.159 e. The lowest BCUT2D eigenvalue weighted by atomic mass is 10.1. The number of aliphatic hydroxyl groups is 1. The number of aliphatic hydroxyl groups excluding tert-OH is 1. The van der Waals surface area contributed by atoms with Crippen molar-refractivity contribution >= 4 is 22.6 Å². The van der Waals surface area contributed by atoms with Gasteiger partial charge in [0, 0.05) is 18.0 Å². The largest absolute Gasteiger partial charge is 0.389 e. The molecule has 2 aromatic heterocycles. The average molecular weight is 315 g/mol. The van der Waals surface area contributed by atoms with E-state index in [1.54, 1.807) is 30.1 Å². The summed E-state index contributed by atoms with van der Waals surface area (Å²) in [5.41, 5.74) is 0.775. The number of hydrogen-bond donors (Lipinski definition) is 1. The predicted octanol–water partition coefficient (Wildman–Crippen LogP) is 1.93. The summed E-state index contributed by atoms with van der Waals surface area (Å²) in [5, 5.41) is 13.8. The lowest BCUT2D eigenvalue weighted by Gasteiger charge is -2.09. The van der Waals surface area contributed by atoms with Crippen LogP contribution in [0, 0.1) is 3.57 Å². The van der Waals surface area contributed by atoms with E-state index in [9.17, 15) is 5.11 Å². The van der Waals surface area contributed by atoms with Crippen LogP contribution in [0.15, 0.2) is 30.7 Å². The van der Waals surface area contributed by atoms with E-state index in [4.69, 9.17) is 0 Å². The highest BCUT2D eigenvalue weighted by Gasteiger charge is 2.10. The van der Waals surface area contributed by atoms with Crippen molar-refractivity contribution < 1.29 is 5.11 Å². The van der Waals surface area contributed by atoms with E-state index in [0.29, 0.717) is 5.82 Å². The first-order valence-electron chi connectivity index (χ1n) is 4.52. The van der Waals surface area contributed by atoms with E-state index in [0.717, 1.165) is 9.13 Å². The van der Waals surface area contributed by atoms with Crippen LogP contribution in [-0.2, 0) is 0 Å². The molecule has 0 fully saturated rings. The molecule has 4 nitrogen and oxygen atoms in total. The average Bonchev–Trinajstić information content (AvgIpc) is 2.65. The molecule has 1 N–H and O–H groups in total.